The summed E-state index contributed by atoms with van der Waals surface area (Å²) in [6, 6.07) is 1.77. The number of nitrogens with zero attached hydrogens (tertiary/aromatic N) is 1. The number of amides is 1. The van der Waals surface area contributed by atoms with Crippen LogP contribution in [0.3, 0.4) is 0 Å². The fraction of sp³-hybridized carbons (Fsp3) is 0.933. The maximum Gasteiger partial charge on any atom is 0.237 e. The van der Waals surface area contributed by atoms with E-state index < -0.39 is 5.54 Å². The van der Waals surface area contributed by atoms with Crippen molar-refractivity contribution in [2.24, 2.45) is 5.73 Å². The molecular formula is C15H27N3O. The lowest BCUT2D eigenvalue weighted by molar-refractivity contribution is -0.127. The summed E-state index contributed by atoms with van der Waals surface area (Å²) in [7, 11) is 0. The summed E-state index contributed by atoms with van der Waals surface area (Å²) in [5.74, 6) is -0.129. The minimum atomic E-state index is -0.424. The molecule has 108 valence electrons. The number of rotatable bonds is 4. The van der Waals surface area contributed by atoms with Crippen LogP contribution in [-0.2, 0) is 4.79 Å². The Balaban J connectivity index is 1.72. The van der Waals surface area contributed by atoms with E-state index >= 15 is 0 Å². The van der Waals surface area contributed by atoms with Crippen molar-refractivity contribution in [2.45, 2.75) is 82.0 Å². The maximum atomic E-state index is 12.0. The van der Waals surface area contributed by atoms with Crippen LogP contribution in [-0.4, -0.2) is 41.0 Å². The van der Waals surface area contributed by atoms with Gasteiger partial charge < -0.3 is 11.1 Å². The molecule has 0 aromatic heterocycles. The molecule has 0 aromatic rings. The molecule has 0 radical (unpaired) electrons. The molecule has 3 rings (SSSR count). The van der Waals surface area contributed by atoms with E-state index in [2.05, 4.69) is 17.1 Å². The van der Waals surface area contributed by atoms with Crippen LogP contribution < -0.4 is 11.1 Å². The van der Waals surface area contributed by atoms with Gasteiger partial charge in [-0.05, 0) is 64.8 Å². The Morgan fingerprint density at radius 3 is 2.63 bits per heavy atom. The molecule has 3 fully saturated rings. The van der Waals surface area contributed by atoms with Gasteiger partial charge in [-0.3, -0.25) is 9.69 Å². The van der Waals surface area contributed by atoms with Gasteiger partial charge in [-0.25, -0.2) is 0 Å². The molecule has 2 aliphatic carbocycles. The first-order valence-corrected chi connectivity index (χ1v) is 7.94. The van der Waals surface area contributed by atoms with E-state index in [0.717, 1.165) is 19.3 Å². The van der Waals surface area contributed by atoms with Gasteiger partial charge >= 0.3 is 0 Å². The molecule has 1 heterocycles. The molecule has 1 aliphatic heterocycles. The number of nitrogens with two attached hydrogens (primary N) is 1. The number of carbonyl (C=O) groups excluding carboxylic acids is 1. The van der Waals surface area contributed by atoms with Crippen molar-refractivity contribution in [3.05, 3.63) is 0 Å². The van der Waals surface area contributed by atoms with Crippen LogP contribution in [0.4, 0.5) is 0 Å². The van der Waals surface area contributed by atoms with Crippen molar-refractivity contribution in [3.8, 4) is 0 Å². The summed E-state index contributed by atoms with van der Waals surface area (Å²) in [6.07, 6.45) is 9.22. The largest absolute Gasteiger partial charge is 0.368 e. The molecule has 19 heavy (non-hydrogen) atoms. The topological polar surface area (TPSA) is 58.4 Å². The van der Waals surface area contributed by atoms with Crippen LogP contribution in [0.2, 0.25) is 0 Å². The summed E-state index contributed by atoms with van der Waals surface area (Å²) < 4.78 is 0. The average molecular weight is 265 g/mol. The van der Waals surface area contributed by atoms with Gasteiger partial charge in [0.2, 0.25) is 5.91 Å². The van der Waals surface area contributed by atoms with Crippen LogP contribution in [0.15, 0.2) is 0 Å². The molecule has 0 bridgehead atoms. The number of primary amides is 1. The predicted octanol–water partition coefficient (Wildman–Crippen LogP) is 1.39. The van der Waals surface area contributed by atoms with Crippen molar-refractivity contribution in [3.63, 3.8) is 0 Å². The van der Waals surface area contributed by atoms with E-state index in [1.165, 1.54) is 38.6 Å². The molecule has 1 saturated heterocycles. The first kappa shape index (κ1) is 13.4. The molecule has 3 unspecified atom stereocenters. The molecule has 4 heteroatoms. The minimum Gasteiger partial charge on any atom is -0.368 e. The molecule has 3 aliphatic rings. The second-order valence-corrected chi connectivity index (χ2v) is 6.84. The van der Waals surface area contributed by atoms with Crippen LogP contribution in [0.5, 0.6) is 0 Å². The lowest BCUT2D eigenvalue weighted by Gasteiger charge is -2.44. The Kier molecular flexibility index (Phi) is 3.56. The Labute approximate surface area is 116 Å². The lowest BCUT2D eigenvalue weighted by Crippen LogP contribution is -2.61. The Morgan fingerprint density at radius 2 is 2.05 bits per heavy atom. The van der Waals surface area contributed by atoms with Gasteiger partial charge in [0.1, 0.15) is 0 Å². The molecular weight excluding hydrogens is 238 g/mol. The van der Waals surface area contributed by atoms with Crippen molar-refractivity contribution in [1.82, 2.24) is 10.2 Å². The monoisotopic (exact) mass is 265 g/mol. The van der Waals surface area contributed by atoms with Gasteiger partial charge in [-0.1, -0.05) is 0 Å². The third-order valence-corrected chi connectivity index (χ3v) is 5.33. The van der Waals surface area contributed by atoms with Gasteiger partial charge in [-0.15, -0.1) is 0 Å². The number of hydrogen-bond acceptors (Lipinski definition) is 3. The average Bonchev–Trinajstić information content (AvgIpc) is 3.08. The van der Waals surface area contributed by atoms with Crippen LogP contribution in [0.1, 0.15) is 58.3 Å². The number of hydrogen-bond donors (Lipinski definition) is 2. The molecule has 2 saturated carbocycles. The van der Waals surface area contributed by atoms with Gasteiger partial charge in [0.15, 0.2) is 0 Å². The van der Waals surface area contributed by atoms with Crippen LogP contribution in [0.25, 0.3) is 0 Å². The normalized spacial score (nSPS) is 40.5. The zero-order valence-corrected chi connectivity index (χ0v) is 12.0. The highest BCUT2D eigenvalue weighted by atomic mass is 16.1. The third-order valence-electron chi connectivity index (χ3n) is 5.33. The molecule has 3 atom stereocenters. The van der Waals surface area contributed by atoms with Gasteiger partial charge in [0.25, 0.3) is 0 Å². The highest BCUT2D eigenvalue weighted by molar-refractivity contribution is 5.85. The fourth-order valence-corrected chi connectivity index (χ4v) is 4.07. The van der Waals surface area contributed by atoms with Crippen LogP contribution in [0, 0.1) is 0 Å². The summed E-state index contributed by atoms with van der Waals surface area (Å²) in [4.78, 5) is 14.6. The second-order valence-electron chi connectivity index (χ2n) is 6.84. The van der Waals surface area contributed by atoms with E-state index in [-0.39, 0.29) is 5.91 Å². The predicted molar refractivity (Wildman–Crippen MR) is 75.7 cm³/mol. The number of carbonyl (C=O) groups is 1. The number of nitrogens with one attached hydrogen (secondary N) is 1. The van der Waals surface area contributed by atoms with Crippen molar-refractivity contribution < 1.29 is 4.79 Å². The van der Waals surface area contributed by atoms with Crippen LogP contribution >= 0.6 is 0 Å². The Morgan fingerprint density at radius 1 is 1.26 bits per heavy atom. The van der Waals surface area contributed by atoms with Crippen molar-refractivity contribution in [1.29, 1.82) is 0 Å². The Hall–Kier alpha value is -0.610. The molecule has 0 spiro atoms. The SMILES string of the molecule is CC1CCCN1C1CCCC(NC2CC2)(C(N)=O)C1. The van der Waals surface area contributed by atoms with E-state index in [4.69, 9.17) is 5.73 Å². The van der Waals surface area contributed by atoms with E-state index in [1.54, 1.807) is 0 Å². The molecule has 4 nitrogen and oxygen atoms in total. The zero-order valence-electron chi connectivity index (χ0n) is 12.0. The quantitative estimate of drug-likeness (QED) is 0.807. The zero-order chi connectivity index (χ0) is 13.5. The summed E-state index contributed by atoms with van der Waals surface area (Å²) in [6.45, 7) is 3.52. The summed E-state index contributed by atoms with van der Waals surface area (Å²) in [5.41, 5.74) is 5.33. The fourth-order valence-electron chi connectivity index (χ4n) is 4.07. The standard InChI is InChI=1S/C15H27N3O/c1-11-4-3-9-18(11)13-5-2-8-15(10-13,14(16)19)17-12-6-7-12/h11-13,17H,2-10H2,1H3,(H2,16,19). The minimum absolute atomic E-state index is 0.129. The Bertz CT molecular complexity index is 355. The van der Waals surface area contributed by atoms with E-state index in [0.29, 0.717) is 18.1 Å². The van der Waals surface area contributed by atoms with Crippen molar-refractivity contribution >= 4 is 5.91 Å². The smallest absolute Gasteiger partial charge is 0.237 e. The molecule has 1 amide bonds. The summed E-state index contributed by atoms with van der Waals surface area (Å²) >= 11 is 0. The first-order valence-electron chi connectivity index (χ1n) is 7.94. The van der Waals surface area contributed by atoms with Gasteiger partial charge in [-0.2, -0.15) is 0 Å². The van der Waals surface area contributed by atoms with Gasteiger partial charge in [0.05, 0.1) is 5.54 Å². The lowest BCUT2D eigenvalue weighted by atomic mass is 9.77. The molecule has 0 aromatic carbocycles. The number of likely N-dealkylation sites (tertiary alicyclic amines) is 1. The first-order chi connectivity index (χ1) is 9.11. The van der Waals surface area contributed by atoms with Crippen molar-refractivity contribution in [2.75, 3.05) is 6.54 Å². The van der Waals surface area contributed by atoms with Gasteiger partial charge in [0, 0.05) is 18.1 Å². The maximum absolute atomic E-state index is 12.0. The van der Waals surface area contributed by atoms with E-state index in [1.807, 2.05) is 0 Å². The third kappa shape index (κ3) is 2.65. The summed E-state index contributed by atoms with van der Waals surface area (Å²) in [5, 5.41) is 3.57. The highest BCUT2D eigenvalue weighted by Gasteiger charge is 2.46. The second kappa shape index (κ2) is 5.06. The highest BCUT2D eigenvalue weighted by Crippen LogP contribution is 2.36. The van der Waals surface area contributed by atoms with E-state index in [9.17, 15) is 4.79 Å². The molecule has 3 N–H and O–H groups in total.